The molecule has 7 rings (SSSR count). The van der Waals surface area contributed by atoms with Gasteiger partial charge in [-0.2, -0.15) is 5.10 Å². The van der Waals surface area contributed by atoms with Gasteiger partial charge in [-0.3, -0.25) is 9.89 Å². The van der Waals surface area contributed by atoms with E-state index in [1.54, 1.807) is 7.11 Å². The van der Waals surface area contributed by atoms with E-state index in [0.29, 0.717) is 11.6 Å². The maximum absolute atomic E-state index is 13.0. The number of rotatable bonds is 4. The highest BCUT2D eigenvalue weighted by molar-refractivity contribution is 6.10. The average molecular weight is 454 g/mol. The molecule has 2 aliphatic heterocycles. The summed E-state index contributed by atoms with van der Waals surface area (Å²) in [7, 11) is 1.64. The van der Waals surface area contributed by atoms with Gasteiger partial charge in [0.1, 0.15) is 24.2 Å². The maximum atomic E-state index is 13.0. The van der Waals surface area contributed by atoms with Gasteiger partial charge in [0.05, 0.1) is 23.7 Å². The molecule has 3 aliphatic rings. The minimum absolute atomic E-state index is 0.0490. The molecule has 34 heavy (non-hydrogen) atoms. The first-order valence-corrected chi connectivity index (χ1v) is 11.3. The van der Waals surface area contributed by atoms with Crippen molar-refractivity contribution in [3.63, 3.8) is 0 Å². The van der Waals surface area contributed by atoms with Crippen LogP contribution in [0, 0.1) is 0 Å². The van der Waals surface area contributed by atoms with E-state index >= 15 is 0 Å². The van der Waals surface area contributed by atoms with E-state index in [1.807, 2.05) is 42.5 Å². The van der Waals surface area contributed by atoms with Crippen molar-refractivity contribution in [2.45, 2.75) is 23.9 Å². The first-order valence-electron chi connectivity index (χ1n) is 11.3. The van der Waals surface area contributed by atoms with E-state index in [0.717, 1.165) is 51.1 Å². The van der Waals surface area contributed by atoms with E-state index in [4.69, 9.17) is 9.47 Å². The highest BCUT2D eigenvalue weighted by Crippen LogP contribution is 2.65. The van der Waals surface area contributed by atoms with Crippen LogP contribution in [0.25, 0.3) is 10.9 Å². The normalized spacial score (nSPS) is 24.0. The molecule has 0 unspecified atom stereocenters. The zero-order valence-electron chi connectivity index (χ0n) is 18.4. The lowest BCUT2D eigenvalue weighted by atomic mass is 9.91. The van der Waals surface area contributed by atoms with Gasteiger partial charge in [0, 0.05) is 22.6 Å². The van der Waals surface area contributed by atoms with E-state index in [1.165, 1.54) is 0 Å². The van der Waals surface area contributed by atoms with Crippen LogP contribution < -0.4 is 20.1 Å². The fraction of sp³-hybridized carbons (Fsp3) is 0.231. The largest absolute Gasteiger partial charge is 0.497 e. The summed E-state index contributed by atoms with van der Waals surface area (Å²) in [5.74, 6) is 2.23. The minimum atomic E-state index is -0.612. The zero-order valence-corrected chi connectivity index (χ0v) is 18.4. The Morgan fingerprint density at radius 1 is 1.21 bits per heavy atom. The van der Waals surface area contributed by atoms with Crippen LogP contribution in [0.2, 0.25) is 0 Å². The van der Waals surface area contributed by atoms with Crippen molar-refractivity contribution in [3.8, 4) is 11.5 Å². The van der Waals surface area contributed by atoms with Crippen LogP contribution >= 0.6 is 0 Å². The number of H-pyrrole nitrogens is 1. The average Bonchev–Trinajstić information content (AvgIpc) is 3.18. The number of aliphatic hydroxyl groups is 1. The van der Waals surface area contributed by atoms with Crippen LogP contribution in [0.1, 0.15) is 35.1 Å². The van der Waals surface area contributed by atoms with Gasteiger partial charge in [-0.25, -0.2) is 0 Å². The molecule has 170 valence electrons. The summed E-state index contributed by atoms with van der Waals surface area (Å²) in [4.78, 5) is 13.0. The number of methoxy groups -OCH3 is 1. The number of fused-ring (bicyclic) bond motifs is 4. The van der Waals surface area contributed by atoms with Gasteiger partial charge in [0.15, 0.2) is 5.82 Å². The lowest BCUT2D eigenvalue weighted by molar-refractivity contribution is -0.118. The second-order valence-electron chi connectivity index (χ2n) is 9.15. The van der Waals surface area contributed by atoms with Gasteiger partial charge in [0.25, 0.3) is 0 Å². The predicted octanol–water partition coefficient (Wildman–Crippen LogP) is 4.12. The summed E-state index contributed by atoms with van der Waals surface area (Å²) >= 11 is 0. The zero-order chi connectivity index (χ0) is 23.0. The molecule has 1 fully saturated rings. The SMILES string of the molecule is COc1ccc2c(c1)[C@]1(C[C@H]1c1ccc3c(Nc4cccc5c4OC[C@@H]5O)n[nH]c3c1)C(=O)N2. The summed E-state index contributed by atoms with van der Waals surface area (Å²) in [6, 6.07) is 17.6. The van der Waals surface area contributed by atoms with E-state index in [-0.39, 0.29) is 18.4 Å². The molecule has 4 aromatic rings. The number of carbonyl (C=O) groups excluding carboxylic acids is 1. The van der Waals surface area contributed by atoms with Gasteiger partial charge in [-0.05, 0) is 53.9 Å². The van der Waals surface area contributed by atoms with Crippen LogP contribution in [-0.4, -0.2) is 34.9 Å². The second-order valence-corrected chi connectivity index (χ2v) is 9.15. The van der Waals surface area contributed by atoms with E-state index in [9.17, 15) is 9.90 Å². The van der Waals surface area contributed by atoms with Crippen molar-refractivity contribution >= 4 is 34.0 Å². The number of amides is 1. The molecule has 0 bridgehead atoms. The highest BCUT2D eigenvalue weighted by atomic mass is 16.5. The van der Waals surface area contributed by atoms with Crippen LogP contribution in [0.5, 0.6) is 11.5 Å². The van der Waals surface area contributed by atoms with Crippen LogP contribution in [-0.2, 0) is 10.2 Å². The number of benzene rings is 3. The summed E-state index contributed by atoms with van der Waals surface area (Å²) < 4.78 is 11.1. The predicted molar refractivity (Wildman–Crippen MR) is 127 cm³/mol. The number of ether oxygens (including phenoxy) is 2. The third-order valence-corrected chi connectivity index (χ3v) is 7.35. The van der Waals surface area contributed by atoms with Crippen LogP contribution in [0.3, 0.4) is 0 Å². The molecule has 8 heteroatoms. The first-order chi connectivity index (χ1) is 16.6. The number of aromatic nitrogens is 2. The quantitative estimate of drug-likeness (QED) is 0.370. The molecule has 4 N–H and O–H groups in total. The Hall–Kier alpha value is -4.04. The number of para-hydroxylation sites is 1. The Morgan fingerprint density at radius 3 is 3.00 bits per heavy atom. The molecule has 3 aromatic carbocycles. The molecule has 0 radical (unpaired) electrons. The van der Waals surface area contributed by atoms with Crippen molar-refractivity contribution in [3.05, 3.63) is 71.3 Å². The molecule has 1 saturated carbocycles. The molecule has 1 spiro atoms. The van der Waals surface area contributed by atoms with Gasteiger partial charge in [0.2, 0.25) is 5.91 Å². The Kier molecular flexibility index (Phi) is 3.85. The molecule has 0 saturated heterocycles. The number of hydrogen-bond acceptors (Lipinski definition) is 6. The molecular weight excluding hydrogens is 432 g/mol. The summed E-state index contributed by atoms with van der Waals surface area (Å²) in [6.07, 6.45) is 0.151. The number of carbonyl (C=O) groups is 1. The van der Waals surface area contributed by atoms with Crippen molar-refractivity contribution in [2.24, 2.45) is 0 Å². The first kappa shape index (κ1) is 19.4. The van der Waals surface area contributed by atoms with Crippen molar-refractivity contribution in [1.82, 2.24) is 10.2 Å². The monoisotopic (exact) mass is 454 g/mol. The van der Waals surface area contributed by atoms with Crippen molar-refractivity contribution in [2.75, 3.05) is 24.4 Å². The molecule has 8 nitrogen and oxygen atoms in total. The van der Waals surface area contributed by atoms with Crippen LogP contribution in [0.15, 0.2) is 54.6 Å². The highest BCUT2D eigenvalue weighted by Gasteiger charge is 2.65. The molecular formula is C26H22N4O4. The van der Waals surface area contributed by atoms with E-state index in [2.05, 4.69) is 33.0 Å². The third kappa shape index (κ3) is 2.57. The van der Waals surface area contributed by atoms with Gasteiger partial charge < -0.3 is 25.2 Å². The molecule has 1 aromatic heterocycles. The van der Waals surface area contributed by atoms with Gasteiger partial charge in [-0.15, -0.1) is 0 Å². The topological polar surface area (TPSA) is 108 Å². The van der Waals surface area contributed by atoms with E-state index < -0.39 is 11.5 Å². The lowest BCUT2D eigenvalue weighted by Gasteiger charge is -2.11. The smallest absolute Gasteiger partial charge is 0.235 e. The van der Waals surface area contributed by atoms with Crippen LogP contribution in [0.4, 0.5) is 17.2 Å². The fourth-order valence-electron chi connectivity index (χ4n) is 5.50. The molecule has 1 aliphatic carbocycles. The van der Waals surface area contributed by atoms with Gasteiger partial charge in [-0.1, -0.05) is 18.2 Å². The summed E-state index contributed by atoms with van der Waals surface area (Å²) in [5.41, 5.74) is 4.86. The molecule has 3 heterocycles. The summed E-state index contributed by atoms with van der Waals surface area (Å²) in [5, 5.41) is 25.0. The Balaban J connectivity index is 1.21. The number of nitrogens with zero attached hydrogens (tertiary/aromatic N) is 1. The number of anilines is 3. The van der Waals surface area contributed by atoms with Crippen molar-refractivity contribution in [1.29, 1.82) is 0 Å². The lowest BCUT2D eigenvalue weighted by Crippen LogP contribution is -2.21. The minimum Gasteiger partial charge on any atom is -0.497 e. The number of nitrogens with one attached hydrogen (secondary N) is 3. The Bertz CT molecular complexity index is 1500. The van der Waals surface area contributed by atoms with Gasteiger partial charge >= 0.3 is 0 Å². The standard InChI is InChI=1S/C26H22N4O4/c1-33-14-6-8-19-17(10-14)26(25(32)28-19)11-18(26)13-5-7-15-21(9-13)29-30-24(15)27-20-4-2-3-16-22(31)12-34-23(16)20/h2-10,18,22,31H,11-12H2,1H3,(H,28,32)(H2,27,29,30)/t18-,22-,26-/m0/s1. The fourth-order valence-corrected chi connectivity index (χ4v) is 5.50. The molecule has 1 amide bonds. The second kappa shape index (κ2) is 6.74. The maximum Gasteiger partial charge on any atom is 0.235 e. The number of aromatic amines is 1. The third-order valence-electron chi connectivity index (χ3n) is 7.35. The number of hydrogen-bond donors (Lipinski definition) is 4. The van der Waals surface area contributed by atoms with Crippen molar-refractivity contribution < 1.29 is 19.4 Å². The molecule has 3 atom stereocenters. The number of aliphatic hydroxyl groups excluding tert-OH is 1. The Labute approximate surface area is 194 Å². The summed E-state index contributed by atoms with van der Waals surface area (Å²) in [6.45, 7) is 0.254. The Morgan fingerprint density at radius 2 is 2.12 bits per heavy atom.